The zero-order valence-corrected chi connectivity index (χ0v) is 11.0. The Bertz CT molecular complexity index is 486. The predicted octanol–water partition coefficient (Wildman–Crippen LogP) is 5.22. The van der Waals surface area contributed by atoms with E-state index in [1.807, 2.05) is 6.07 Å². The second-order valence-corrected chi connectivity index (χ2v) is 4.84. The van der Waals surface area contributed by atoms with Crippen LogP contribution in [0.1, 0.15) is 30.9 Å². The average Bonchev–Trinajstić information content (AvgIpc) is 2.39. The van der Waals surface area contributed by atoms with Gasteiger partial charge in [-0.05, 0) is 34.2 Å². The molecule has 0 saturated carbocycles. The molecule has 0 unspecified atom stereocenters. The Morgan fingerprint density at radius 2 is 1.65 bits per heavy atom. The topological polar surface area (TPSA) is 0 Å². The molecule has 0 radical (unpaired) electrons. The van der Waals surface area contributed by atoms with Crippen LogP contribution in [-0.2, 0) is 5.88 Å². The summed E-state index contributed by atoms with van der Waals surface area (Å²) in [5, 5.41) is 0. The van der Waals surface area contributed by atoms with Crippen molar-refractivity contribution in [2.75, 3.05) is 0 Å². The molecule has 0 aliphatic carbocycles. The van der Waals surface area contributed by atoms with E-state index < -0.39 is 0 Å². The van der Waals surface area contributed by atoms with Gasteiger partial charge >= 0.3 is 0 Å². The zero-order valence-electron chi connectivity index (χ0n) is 10.3. The Kier molecular flexibility index (Phi) is 3.86. The van der Waals surface area contributed by atoms with Gasteiger partial charge in [-0.15, -0.1) is 11.6 Å². The van der Waals surface area contributed by atoms with Crippen molar-refractivity contribution in [3.05, 3.63) is 59.7 Å². The summed E-state index contributed by atoms with van der Waals surface area (Å²) in [6.07, 6.45) is 0. The molecule has 0 N–H and O–H groups in total. The molecule has 0 bridgehead atoms. The number of halogens is 1. The molecule has 1 heteroatoms. The van der Waals surface area contributed by atoms with E-state index in [-0.39, 0.29) is 0 Å². The van der Waals surface area contributed by atoms with Crippen molar-refractivity contribution in [1.82, 2.24) is 0 Å². The van der Waals surface area contributed by atoms with Gasteiger partial charge in [-0.2, -0.15) is 0 Å². The molecule has 88 valence electrons. The Morgan fingerprint density at radius 3 is 2.24 bits per heavy atom. The van der Waals surface area contributed by atoms with Crippen LogP contribution < -0.4 is 0 Å². The quantitative estimate of drug-likeness (QED) is 0.650. The molecule has 0 saturated heterocycles. The van der Waals surface area contributed by atoms with Gasteiger partial charge < -0.3 is 0 Å². The maximum Gasteiger partial charge on any atom is 0.0477 e. The summed E-state index contributed by atoms with van der Waals surface area (Å²) < 4.78 is 0. The lowest BCUT2D eigenvalue weighted by Crippen LogP contribution is -1.94. The molecule has 0 nitrogen and oxygen atoms in total. The lowest BCUT2D eigenvalue weighted by atomic mass is 9.94. The van der Waals surface area contributed by atoms with Crippen LogP contribution in [0.15, 0.2) is 48.5 Å². The molecule has 2 aromatic rings. The summed E-state index contributed by atoms with van der Waals surface area (Å²) in [5.41, 5.74) is 5.07. The van der Waals surface area contributed by atoms with E-state index in [4.69, 9.17) is 11.6 Å². The average molecular weight is 245 g/mol. The highest BCUT2D eigenvalue weighted by molar-refractivity contribution is 6.17. The summed E-state index contributed by atoms with van der Waals surface area (Å²) in [6, 6.07) is 17.0. The fraction of sp³-hybridized carbons (Fsp3) is 0.250. The summed E-state index contributed by atoms with van der Waals surface area (Å²) >= 11 is 6.04. The first-order valence-electron chi connectivity index (χ1n) is 5.96. The second-order valence-electron chi connectivity index (χ2n) is 4.57. The number of hydrogen-bond acceptors (Lipinski definition) is 0. The number of benzene rings is 2. The van der Waals surface area contributed by atoms with Crippen LogP contribution in [0.4, 0.5) is 0 Å². The second kappa shape index (κ2) is 5.37. The van der Waals surface area contributed by atoms with Gasteiger partial charge in [-0.1, -0.05) is 56.3 Å². The number of rotatable bonds is 3. The zero-order chi connectivity index (χ0) is 12.3. The predicted molar refractivity (Wildman–Crippen MR) is 75.5 cm³/mol. The van der Waals surface area contributed by atoms with Gasteiger partial charge in [0.1, 0.15) is 0 Å². The lowest BCUT2D eigenvalue weighted by Gasteiger charge is -2.13. The van der Waals surface area contributed by atoms with Crippen molar-refractivity contribution in [2.24, 2.45) is 0 Å². The standard InChI is InChI=1S/C16H17Cl/c1-12(2)16-9-8-14(10-15(16)11-17)13-6-4-3-5-7-13/h3-10,12H,11H2,1-2H3. The Morgan fingerprint density at radius 1 is 0.941 bits per heavy atom. The van der Waals surface area contributed by atoms with Crippen LogP contribution in [0.2, 0.25) is 0 Å². The van der Waals surface area contributed by atoms with E-state index in [1.54, 1.807) is 0 Å². The molecule has 0 atom stereocenters. The molecule has 0 amide bonds. The molecule has 0 aliphatic heterocycles. The lowest BCUT2D eigenvalue weighted by molar-refractivity contribution is 0.854. The van der Waals surface area contributed by atoms with Crippen molar-refractivity contribution in [3.63, 3.8) is 0 Å². The molecule has 17 heavy (non-hydrogen) atoms. The van der Waals surface area contributed by atoms with Gasteiger partial charge in [0.05, 0.1) is 0 Å². The summed E-state index contributed by atoms with van der Waals surface area (Å²) in [7, 11) is 0. The van der Waals surface area contributed by atoms with E-state index in [0.717, 1.165) is 0 Å². The molecule has 0 aliphatic rings. The third kappa shape index (κ3) is 2.70. The minimum absolute atomic E-state index is 0.522. The molecule has 0 spiro atoms. The molecule has 0 aromatic heterocycles. The highest BCUT2D eigenvalue weighted by Crippen LogP contribution is 2.27. The Balaban J connectivity index is 2.45. The fourth-order valence-electron chi connectivity index (χ4n) is 2.09. The summed E-state index contributed by atoms with van der Waals surface area (Å²) in [4.78, 5) is 0. The van der Waals surface area contributed by atoms with Crippen molar-refractivity contribution in [3.8, 4) is 11.1 Å². The van der Waals surface area contributed by atoms with Crippen LogP contribution in [0.5, 0.6) is 0 Å². The molecule has 0 heterocycles. The summed E-state index contributed by atoms with van der Waals surface area (Å²) in [6.45, 7) is 4.40. The van der Waals surface area contributed by atoms with Crippen LogP contribution >= 0.6 is 11.6 Å². The van der Waals surface area contributed by atoms with Gasteiger partial charge in [-0.25, -0.2) is 0 Å². The van der Waals surface area contributed by atoms with E-state index in [1.165, 1.54) is 22.3 Å². The first-order chi connectivity index (χ1) is 8.22. The highest BCUT2D eigenvalue weighted by Gasteiger charge is 2.07. The van der Waals surface area contributed by atoms with Gasteiger partial charge in [-0.3, -0.25) is 0 Å². The maximum absolute atomic E-state index is 6.04. The van der Waals surface area contributed by atoms with Gasteiger partial charge in [0.2, 0.25) is 0 Å². The summed E-state index contributed by atoms with van der Waals surface area (Å²) in [5.74, 6) is 1.10. The minimum atomic E-state index is 0.522. The fourth-order valence-corrected chi connectivity index (χ4v) is 2.33. The molecule has 2 aromatic carbocycles. The van der Waals surface area contributed by atoms with Crippen LogP contribution in [0, 0.1) is 0 Å². The molecule has 0 fully saturated rings. The van der Waals surface area contributed by atoms with Gasteiger partial charge in [0.25, 0.3) is 0 Å². The normalized spacial score (nSPS) is 10.8. The molecular formula is C16H17Cl. The first-order valence-corrected chi connectivity index (χ1v) is 6.50. The molecule has 2 rings (SSSR count). The van der Waals surface area contributed by atoms with E-state index in [9.17, 15) is 0 Å². The SMILES string of the molecule is CC(C)c1ccc(-c2ccccc2)cc1CCl. The largest absolute Gasteiger partial charge is 0.122 e. The van der Waals surface area contributed by atoms with E-state index >= 15 is 0 Å². The minimum Gasteiger partial charge on any atom is -0.122 e. The van der Waals surface area contributed by atoms with Crippen LogP contribution in [-0.4, -0.2) is 0 Å². The van der Waals surface area contributed by atoms with Gasteiger partial charge in [0, 0.05) is 5.88 Å². The van der Waals surface area contributed by atoms with Crippen molar-refractivity contribution in [1.29, 1.82) is 0 Å². The van der Waals surface area contributed by atoms with Crippen LogP contribution in [0.3, 0.4) is 0 Å². The third-order valence-corrected chi connectivity index (χ3v) is 3.30. The third-order valence-electron chi connectivity index (χ3n) is 3.02. The number of alkyl halides is 1. The van der Waals surface area contributed by atoms with Gasteiger partial charge in [0.15, 0.2) is 0 Å². The Labute approximate surface area is 108 Å². The van der Waals surface area contributed by atoms with Crippen molar-refractivity contribution in [2.45, 2.75) is 25.6 Å². The van der Waals surface area contributed by atoms with Crippen molar-refractivity contribution < 1.29 is 0 Å². The number of hydrogen-bond donors (Lipinski definition) is 0. The monoisotopic (exact) mass is 244 g/mol. The highest BCUT2D eigenvalue weighted by atomic mass is 35.5. The van der Waals surface area contributed by atoms with Crippen molar-refractivity contribution >= 4 is 11.6 Å². The Hall–Kier alpha value is -1.27. The first kappa shape index (κ1) is 12.2. The molecular weight excluding hydrogens is 228 g/mol. The maximum atomic E-state index is 6.04. The smallest absolute Gasteiger partial charge is 0.0477 e. The van der Waals surface area contributed by atoms with E-state index in [2.05, 4.69) is 56.3 Å². The van der Waals surface area contributed by atoms with Crippen LogP contribution in [0.25, 0.3) is 11.1 Å². The van der Waals surface area contributed by atoms with E-state index in [0.29, 0.717) is 11.8 Å².